The quantitative estimate of drug-likeness (QED) is 0.651. The topological polar surface area (TPSA) is 92.5 Å². The third-order valence-electron chi connectivity index (χ3n) is 1.69. The first kappa shape index (κ1) is 8.49. The lowest BCUT2D eigenvalue weighted by atomic mass is 10.4. The van der Waals surface area contributed by atoms with Gasteiger partial charge in [0.25, 0.3) is 0 Å². The summed E-state index contributed by atoms with van der Waals surface area (Å²) in [5.41, 5.74) is 6.41. The van der Waals surface area contributed by atoms with Gasteiger partial charge in [0.15, 0.2) is 0 Å². The summed E-state index contributed by atoms with van der Waals surface area (Å²) in [6.07, 6.45) is 4.99. The highest BCUT2D eigenvalue weighted by molar-refractivity contribution is 5.37. The molecule has 0 fully saturated rings. The Bertz CT molecular complexity index is 396. The molecule has 0 aromatic carbocycles. The highest BCUT2D eigenvalue weighted by Crippen LogP contribution is 2.04. The Kier molecular flexibility index (Phi) is 2.26. The number of rotatable bonds is 3. The van der Waals surface area contributed by atoms with Crippen molar-refractivity contribution in [1.82, 2.24) is 19.9 Å². The number of aromatic nitrogens is 4. The number of hydrogen-bond acceptors (Lipinski definition) is 5. The van der Waals surface area contributed by atoms with Crippen molar-refractivity contribution in [2.24, 2.45) is 0 Å². The fourth-order valence-electron chi connectivity index (χ4n) is 1.04. The van der Waals surface area contributed by atoms with E-state index in [1.807, 2.05) is 0 Å². The van der Waals surface area contributed by atoms with Crippen molar-refractivity contribution in [1.29, 1.82) is 0 Å². The molecule has 6 heteroatoms. The molecule has 0 saturated heterocycles. The fraction of sp³-hybridized carbons (Fsp3) is 0.125. The first-order valence-corrected chi connectivity index (χ1v) is 4.14. The van der Waals surface area contributed by atoms with Crippen LogP contribution in [0.4, 0.5) is 11.8 Å². The number of nitrogens with two attached hydrogens (primary N) is 1. The van der Waals surface area contributed by atoms with E-state index >= 15 is 0 Å². The van der Waals surface area contributed by atoms with Crippen molar-refractivity contribution in [3.63, 3.8) is 0 Å². The maximum absolute atomic E-state index is 5.43. The van der Waals surface area contributed by atoms with E-state index in [0.717, 1.165) is 5.69 Å². The summed E-state index contributed by atoms with van der Waals surface area (Å²) < 4.78 is 0. The van der Waals surface area contributed by atoms with Crippen molar-refractivity contribution in [3.8, 4) is 0 Å². The van der Waals surface area contributed by atoms with Crippen LogP contribution >= 0.6 is 0 Å². The zero-order valence-electron chi connectivity index (χ0n) is 7.44. The average molecular weight is 190 g/mol. The van der Waals surface area contributed by atoms with Crippen molar-refractivity contribution in [2.75, 3.05) is 11.1 Å². The summed E-state index contributed by atoms with van der Waals surface area (Å²) in [6, 6.07) is 1.76. The molecule has 2 heterocycles. The van der Waals surface area contributed by atoms with E-state index in [-0.39, 0.29) is 5.95 Å². The van der Waals surface area contributed by atoms with Crippen LogP contribution in [0.25, 0.3) is 0 Å². The molecular weight excluding hydrogens is 180 g/mol. The molecular formula is C8H10N6. The van der Waals surface area contributed by atoms with E-state index in [9.17, 15) is 0 Å². The fourth-order valence-corrected chi connectivity index (χ4v) is 1.04. The van der Waals surface area contributed by atoms with Crippen LogP contribution in [0.5, 0.6) is 0 Å². The van der Waals surface area contributed by atoms with Crippen LogP contribution in [0.15, 0.2) is 24.8 Å². The molecule has 72 valence electrons. The van der Waals surface area contributed by atoms with Crippen LogP contribution < -0.4 is 11.1 Å². The average Bonchev–Trinajstić information content (AvgIpc) is 2.67. The van der Waals surface area contributed by atoms with E-state index in [1.54, 1.807) is 24.8 Å². The standard InChI is InChI=1S/C8H10N6/c9-8-11-2-1-7(14-8)12-4-6-3-10-5-13-6/h1-3,5H,4H2,(H,10,13)(H3,9,11,12,14). The Morgan fingerprint density at radius 1 is 1.50 bits per heavy atom. The Hall–Kier alpha value is -2.11. The number of nitrogens with one attached hydrogen (secondary N) is 2. The van der Waals surface area contributed by atoms with E-state index in [1.165, 1.54) is 0 Å². The van der Waals surface area contributed by atoms with Gasteiger partial charge in [0, 0.05) is 12.4 Å². The molecule has 0 atom stereocenters. The summed E-state index contributed by atoms with van der Waals surface area (Å²) >= 11 is 0. The molecule has 0 aliphatic heterocycles. The smallest absolute Gasteiger partial charge is 0.221 e. The van der Waals surface area contributed by atoms with E-state index in [0.29, 0.717) is 12.4 Å². The molecule has 0 aliphatic rings. The Labute approximate surface area is 80.6 Å². The number of nitrogen functional groups attached to an aromatic ring is 1. The minimum atomic E-state index is 0.264. The molecule has 4 N–H and O–H groups in total. The maximum Gasteiger partial charge on any atom is 0.221 e. The van der Waals surface area contributed by atoms with Crippen LogP contribution in [0.2, 0.25) is 0 Å². The van der Waals surface area contributed by atoms with Gasteiger partial charge in [0.2, 0.25) is 5.95 Å². The Morgan fingerprint density at radius 3 is 3.14 bits per heavy atom. The van der Waals surface area contributed by atoms with Gasteiger partial charge >= 0.3 is 0 Å². The molecule has 0 radical (unpaired) electrons. The number of nitrogens with zero attached hydrogens (tertiary/aromatic N) is 3. The van der Waals surface area contributed by atoms with Gasteiger partial charge in [0.05, 0.1) is 18.6 Å². The second kappa shape index (κ2) is 3.73. The first-order chi connectivity index (χ1) is 6.84. The Morgan fingerprint density at radius 2 is 2.43 bits per heavy atom. The van der Waals surface area contributed by atoms with Crippen LogP contribution in [0, 0.1) is 0 Å². The second-order valence-electron chi connectivity index (χ2n) is 2.73. The van der Waals surface area contributed by atoms with Gasteiger partial charge in [-0.3, -0.25) is 0 Å². The zero-order chi connectivity index (χ0) is 9.80. The lowest BCUT2D eigenvalue weighted by molar-refractivity contribution is 1.04. The van der Waals surface area contributed by atoms with E-state index < -0.39 is 0 Å². The second-order valence-corrected chi connectivity index (χ2v) is 2.73. The molecule has 0 bridgehead atoms. The monoisotopic (exact) mass is 190 g/mol. The van der Waals surface area contributed by atoms with Crippen LogP contribution in [-0.4, -0.2) is 19.9 Å². The van der Waals surface area contributed by atoms with Gasteiger partial charge < -0.3 is 16.0 Å². The summed E-state index contributed by atoms with van der Waals surface area (Å²) in [5.74, 6) is 0.965. The summed E-state index contributed by atoms with van der Waals surface area (Å²) in [5, 5.41) is 3.09. The van der Waals surface area contributed by atoms with Gasteiger partial charge in [-0.05, 0) is 6.07 Å². The largest absolute Gasteiger partial charge is 0.368 e. The molecule has 0 aliphatic carbocycles. The number of aromatic amines is 1. The predicted octanol–water partition coefficient (Wildman–Crippen LogP) is 0.394. The number of imidazole rings is 1. The summed E-state index contributed by atoms with van der Waals surface area (Å²) in [4.78, 5) is 14.7. The van der Waals surface area contributed by atoms with Crippen LogP contribution in [-0.2, 0) is 6.54 Å². The first-order valence-electron chi connectivity index (χ1n) is 4.14. The van der Waals surface area contributed by atoms with Crippen molar-refractivity contribution >= 4 is 11.8 Å². The highest BCUT2D eigenvalue weighted by atomic mass is 15.1. The van der Waals surface area contributed by atoms with E-state index in [4.69, 9.17) is 5.73 Å². The predicted molar refractivity (Wildman–Crippen MR) is 52.4 cm³/mol. The Balaban J connectivity index is 1.98. The lowest BCUT2D eigenvalue weighted by Gasteiger charge is -2.02. The van der Waals surface area contributed by atoms with Gasteiger partial charge in [-0.2, -0.15) is 4.98 Å². The van der Waals surface area contributed by atoms with Gasteiger partial charge in [-0.15, -0.1) is 0 Å². The van der Waals surface area contributed by atoms with Gasteiger partial charge in [0.1, 0.15) is 5.82 Å². The summed E-state index contributed by atoms with van der Waals surface area (Å²) in [6.45, 7) is 0.635. The summed E-state index contributed by atoms with van der Waals surface area (Å²) in [7, 11) is 0. The van der Waals surface area contributed by atoms with Gasteiger partial charge in [-0.1, -0.05) is 0 Å². The SMILES string of the molecule is Nc1nccc(NCc2cnc[nH]2)n1. The third-order valence-corrected chi connectivity index (χ3v) is 1.69. The minimum absolute atomic E-state index is 0.264. The van der Waals surface area contributed by atoms with Crippen molar-refractivity contribution in [2.45, 2.75) is 6.54 Å². The van der Waals surface area contributed by atoms with Crippen molar-refractivity contribution in [3.05, 3.63) is 30.5 Å². The van der Waals surface area contributed by atoms with Crippen LogP contribution in [0.3, 0.4) is 0 Å². The molecule has 2 aromatic rings. The number of anilines is 2. The molecule has 2 aromatic heterocycles. The number of hydrogen-bond donors (Lipinski definition) is 3. The third kappa shape index (κ3) is 1.98. The molecule has 0 amide bonds. The minimum Gasteiger partial charge on any atom is -0.368 e. The van der Waals surface area contributed by atoms with Gasteiger partial charge in [-0.25, -0.2) is 9.97 Å². The maximum atomic E-state index is 5.43. The van der Waals surface area contributed by atoms with E-state index in [2.05, 4.69) is 25.3 Å². The zero-order valence-corrected chi connectivity index (χ0v) is 7.44. The number of H-pyrrole nitrogens is 1. The lowest BCUT2D eigenvalue weighted by Crippen LogP contribution is -2.03. The molecule has 6 nitrogen and oxygen atoms in total. The molecule has 0 spiro atoms. The molecule has 2 rings (SSSR count). The molecule has 0 unspecified atom stereocenters. The van der Waals surface area contributed by atoms with Crippen molar-refractivity contribution < 1.29 is 0 Å². The normalized spacial score (nSPS) is 10.0. The highest BCUT2D eigenvalue weighted by Gasteiger charge is 1.96. The molecule has 14 heavy (non-hydrogen) atoms. The van der Waals surface area contributed by atoms with Crippen LogP contribution in [0.1, 0.15) is 5.69 Å². The molecule has 0 saturated carbocycles.